The average molecular weight is 345 g/mol. The number of carbonyl (C=O) groups excluding carboxylic acids is 1. The van der Waals surface area contributed by atoms with Gasteiger partial charge >= 0.3 is 0 Å². The maximum Gasteiger partial charge on any atom is 0.227 e. The molecular weight excluding hydrogens is 321 g/mol. The Hall–Kier alpha value is -2.37. The molecule has 6 heteroatoms. The Morgan fingerprint density at radius 2 is 2.32 bits per heavy atom. The van der Waals surface area contributed by atoms with Crippen LogP contribution in [0.15, 0.2) is 24.4 Å². The summed E-state index contributed by atoms with van der Waals surface area (Å²) in [6, 6.07) is 4.69. The first-order valence-electron chi connectivity index (χ1n) is 8.66. The largest absolute Gasteiger partial charge is 0.494 e. The molecule has 1 amide bonds. The molecule has 1 aromatic carbocycles. The number of benzene rings is 1. The maximum atomic E-state index is 13.8. The van der Waals surface area contributed by atoms with Crippen LogP contribution in [0.2, 0.25) is 0 Å². The van der Waals surface area contributed by atoms with Crippen molar-refractivity contribution in [2.45, 2.75) is 32.6 Å². The Balaban J connectivity index is 1.60. The third-order valence-electron chi connectivity index (χ3n) is 4.87. The minimum Gasteiger partial charge on any atom is -0.494 e. The highest BCUT2D eigenvalue weighted by atomic mass is 19.1. The summed E-state index contributed by atoms with van der Waals surface area (Å²) in [6.07, 6.45) is 5.07. The fourth-order valence-corrected chi connectivity index (χ4v) is 3.43. The molecule has 25 heavy (non-hydrogen) atoms. The van der Waals surface area contributed by atoms with Gasteiger partial charge in [-0.3, -0.25) is 9.89 Å². The van der Waals surface area contributed by atoms with Crippen LogP contribution in [0, 0.1) is 18.7 Å². The number of halogens is 1. The molecule has 1 saturated heterocycles. The number of hydrogen-bond acceptors (Lipinski definition) is 3. The number of piperidine rings is 1. The van der Waals surface area contributed by atoms with Gasteiger partial charge in [-0.25, -0.2) is 4.39 Å². The van der Waals surface area contributed by atoms with Gasteiger partial charge in [-0.1, -0.05) is 6.07 Å². The van der Waals surface area contributed by atoms with E-state index in [4.69, 9.17) is 4.74 Å². The normalized spacial score (nSPS) is 17.6. The topological polar surface area (TPSA) is 58.2 Å². The van der Waals surface area contributed by atoms with E-state index in [0.29, 0.717) is 11.5 Å². The van der Waals surface area contributed by atoms with Gasteiger partial charge in [0.15, 0.2) is 11.6 Å². The Morgan fingerprint density at radius 3 is 3.00 bits per heavy atom. The third-order valence-corrected chi connectivity index (χ3v) is 4.87. The molecule has 1 fully saturated rings. The molecule has 2 heterocycles. The number of aromatic amines is 1. The lowest BCUT2D eigenvalue weighted by Crippen LogP contribution is -2.41. The van der Waals surface area contributed by atoms with Crippen LogP contribution in [0.4, 0.5) is 4.39 Å². The molecule has 1 unspecified atom stereocenters. The van der Waals surface area contributed by atoms with E-state index in [-0.39, 0.29) is 18.1 Å². The summed E-state index contributed by atoms with van der Waals surface area (Å²) in [4.78, 5) is 14.5. The number of ether oxygens (including phenoxy) is 1. The van der Waals surface area contributed by atoms with Gasteiger partial charge in [0.25, 0.3) is 0 Å². The highest BCUT2D eigenvalue weighted by Crippen LogP contribution is 2.23. The predicted molar refractivity (Wildman–Crippen MR) is 93.0 cm³/mol. The summed E-state index contributed by atoms with van der Waals surface area (Å²) in [5.74, 6) is 0.253. The quantitative estimate of drug-likeness (QED) is 0.906. The van der Waals surface area contributed by atoms with Crippen LogP contribution < -0.4 is 4.74 Å². The number of likely N-dealkylation sites (tertiary alicyclic amines) is 1. The number of amides is 1. The van der Waals surface area contributed by atoms with Gasteiger partial charge in [0, 0.05) is 18.8 Å². The number of H-pyrrole nitrogens is 1. The first-order chi connectivity index (χ1) is 12.1. The average Bonchev–Trinajstić information content (AvgIpc) is 3.00. The lowest BCUT2D eigenvalue weighted by Gasteiger charge is -2.33. The smallest absolute Gasteiger partial charge is 0.227 e. The van der Waals surface area contributed by atoms with Crippen molar-refractivity contribution < 1.29 is 13.9 Å². The zero-order valence-corrected chi connectivity index (χ0v) is 14.7. The SMILES string of the molecule is COc1ccc(CC(=O)N2CCCC(Cc3[nH]ncc3C)C2)cc1F. The number of aromatic nitrogens is 2. The molecule has 1 aromatic heterocycles. The van der Waals surface area contributed by atoms with E-state index in [1.807, 2.05) is 18.0 Å². The van der Waals surface area contributed by atoms with E-state index < -0.39 is 5.82 Å². The van der Waals surface area contributed by atoms with Gasteiger partial charge in [0.2, 0.25) is 5.91 Å². The molecule has 0 radical (unpaired) electrons. The summed E-state index contributed by atoms with van der Waals surface area (Å²) >= 11 is 0. The van der Waals surface area contributed by atoms with Crippen molar-refractivity contribution in [2.24, 2.45) is 5.92 Å². The Labute approximate surface area is 147 Å². The third kappa shape index (κ3) is 4.18. The van der Waals surface area contributed by atoms with Gasteiger partial charge in [0.1, 0.15) is 0 Å². The number of aryl methyl sites for hydroxylation is 1. The molecule has 1 aliphatic heterocycles. The standard InChI is InChI=1S/C19H24FN3O2/c1-13-11-21-22-17(13)9-15-4-3-7-23(12-15)19(24)10-14-5-6-18(25-2)16(20)8-14/h5-6,8,11,15H,3-4,7,9-10,12H2,1-2H3,(H,21,22). The predicted octanol–water partition coefficient (Wildman–Crippen LogP) is 2.89. The van der Waals surface area contributed by atoms with Crippen LogP contribution in [0.3, 0.4) is 0 Å². The van der Waals surface area contributed by atoms with E-state index in [9.17, 15) is 9.18 Å². The van der Waals surface area contributed by atoms with Crippen molar-refractivity contribution >= 4 is 5.91 Å². The summed E-state index contributed by atoms with van der Waals surface area (Å²) in [6.45, 7) is 3.56. The van der Waals surface area contributed by atoms with Gasteiger partial charge in [-0.05, 0) is 55.4 Å². The number of nitrogens with zero attached hydrogens (tertiary/aromatic N) is 2. The molecule has 3 rings (SSSR count). The van der Waals surface area contributed by atoms with Gasteiger partial charge < -0.3 is 9.64 Å². The summed E-state index contributed by atoms with van der Waals surface area (Å²) in [5, 5.41) is 7.11. The second-order valence-corrected chi connectivity index (χ2v) is 6.73. The fourth-order valence-electron chi connectivity index (χ4n) is 3.43. The van der Waals surface area contributed by atoms with E-state index >= 15 is 0 Å². The number of rotatable bonds is 5. The zero-order chi connectivity index (χ0) is 17.8. The number of hydrogen-bond donors (Lipinski definition) is 1. The van der Waals surface area contributed by atoms with Gasteiger partial charge in [-0.2, -0.15) is 5.10 Å². The molecule has 2 aromatic rings. The van der Waals surface area contributed by atoms with Crippen molar-refractivity contribution in [3.8, 4) is 5.75 Å². The van der Waals surface area contributed by atoms with E-state index in [0.717, 1.165) is 43.6 Å². The molecule has 134 valence electrons. The van der Waals surface area contributed by atoms with Gasteiger partial charge in [-0.15, -0.1) is 0 Å². The van der Waals surface area contributed by atoms with Crippen LogP contribution in [-0.2, 0) is 17.6 Å². The van der Waals surface area contributed by atoms with Crippen molar-refractivity contribution in [3.63, 3.8) is 0 Å². The number of carbonyl (C=O) groups is 1. The summed E-state index contributed by atoms with van der Waals surface area (Å²) in [7, 11) is 1.43. The molecular formula is C19H24FN3O2. The summed E-state index contributed by atoms with van der Waals surface area (Å²) in [5.41, 5.74) is 2.99. The molecule has 0 saturated carbocycles. The number of methoxy groups -OCH3 is 1. The van der Waals surface area contributed by atoms with Crippen molar-refractivity contribution in [2.75, 3.05) is 20.2 Å². The highest BCUT2D eigenvalue weighted by molar-refractivity contribution is 5.79. The highest BCUT2D eigenvalue weighted by Gasteiger charge is 2.24. The Morgan fingerprint density at radius 1 is 1.48 bits per heavy atom. The van der Waals surface area contributed by atoms with Crippen LogP contribution in [-0.4, -0.2) is 41.2 Å². The van der Waals surface area contributed by atoms with E-state index in [1.165, 1.54) is 13.2 Å². The Kier molecular flexibility index (Phi) is 5.36. The Bertz CT molecular complexity index is 744. The minimum atomic E-state index is -0.431. The molecule has 1 aliphatic rings. The zero-order valence-electron chi connectivity index (χ0n) is 14.7. The molecule has 0 bridgehead atoms. The van der Waals surface area contributed by atoms with Crippen LogP contribution in [0.25, 0.3) is 0 Å². The number of nitrogens with one attached hydrogen (secondary N) is 1. The molecule has 5 nitrogen and oxygen atoms in total. The second-order valence-electron chi connectivity index (χ2n) is 6.73. The maximum absolute atomic E-state index is 13.8. The van der Waals surface area contributed by atoms with Crippen molar-refractivity contribution in [1.29, 1.82) is 0 Å². The first-order valence-corrected chi connectivity index (χ1v) is 8.66. The van der Waals surface area contributed by atoms with Crippen molar-refractivity contribution in [1.82, 2.24) is 15.1 Å². The van der Waals surface area contributed by atoms with Gasteiger partial charge in [0.05, 0.1) is 19.7 Å². The first kappa shape index (κ1) is 17.5. The van der Waals surface area contributed by atoms with Crippen LogP contribution >= 0.6 is 0 Å². The van der Waals surface area contributed by atoms with Crippen LogP contribution in [0.1, 0.15) is 29.7 Å². The van der Waals surface area contributed by atoms with Crippen LogP contribution in [0.5, 0.6) is 5.75 Å². The minimum absolute atomic E-state index is 0.0515. The van der Waals surface area contributed by atoms with Crippen molar-refractivity contribution in [3.05, 3.63) is 47.0 Å². The van der Waals surface area contributed by atoms with E-state index in [2.05, 4.69) is 10.2 Å². The molecule has 0 aliphatic carbocycles. The molecule has 1 N–H and O–H groups in total. The lowest BCUT2D eigenvalue weighted by molar-refractivity contribution is -0.132. The molecule has 1 atom stereocenters. The monoisotopic (exact) mass is 345 g/mol. The molecule has 0 spiro atoms. The van der Waals surface area contributed by atoms with E-state index in [1.54, 1.807) is 12.1 Å². The summed E-state index contributed by atoms with van der Waals surface area (Å²) < 4.78 is 18.7. The fraction of sp³-hybridized carbons (Fsp3) is 0.474. The lowest BCUT2D eigenvalue weighted by atomic mass is 9.92. The second kappa shape index (κ2) is 7.68.